The monoisotopic (exact) mass is 186 g/mol. The van der Waals surface area contributed by atoms with Crippen molar-refractivity contribution in [1.82, 2.24) is 10.6 Å². The van der Waals surface area contributed by atoms with Crippen LogP contribution in [0.25, 0.3) is 0 Å². The summed E-state index contributed by atoms with van der Waals surface area (Å²) in [6.07, 6.45) is -4.84. The molecule has 0 aliphatic heterocycles. The van der Waals surface area contributed by atoms with Crippen molar-refractivity contribution in [2.45, 2.75) is 6.30 Å². The average molecular weight is 186 g/mol. The Kier molecular flexibility index (Phi) is 3.32. The summed E-state index contributed by atoms with van der Waals surface area (Å²) in [6, 6.07) is -1.59. The first-order chi connectivity index (χ1) is 5.31. The number of aliphatic carboxylic acids is 1. The third-order valence-electron chi connectivity index (χ3n) is 0.655. The number of urea groups is 1. The number of amides is 2. The molecule has 70 valence electrons. The number of nitrogens with one attached hydrogen (secondary N) is 2. The predicted octanol–water partition coefficient (Wildman–Crippen LogP) is -0.110. The molecule has 0 aliphatic carbocycles. The van der Waals surface area contributed by atoms with Crippen LogP contribution >= 0.6 is 0 Å². The maximum absolute atomic E-state index is 11.3. The van der Waals surface area contributed by atoms with E-state index in [0.29, 0.717) is 5.32 Å². The van der Waals surface area contributed by atoms with E-state index in [1.807, 2.05) is 0 Å². The molecule has 0 saturated carbocycles. The lowest BCUT2D eigenvalue weighted by Crippen LogP contribution is -2.45. The molecule has 0 aromatic carbocycles. The van der Waals surface area contributed by atoms with Crippen LogP contribution in [0.1, 0.15) is 0 Å². The summed E-state index contributed by atoms with van der Waals surface area (Å²) in [5.41, 5.74) is 0. The van der Waals surface area contributed by atoms with Crippen LogP contribution in [0.3, 0.4) is 0 Å². The molecule has 8 heteroatoms. The zero-order valence-electron chi connectivity index (χ0n) is 5.60. The molecule has 2 amide bonds. The highest BCUT2D eigenvalue weighted by Crippen LogP contribution is 2.08. The fraction of sp³-hybridized carbons (Fsp3) is 0.500. The fourth-order valence-electron chi connectivity index (χ4n) is 0.329. The molecule has 0 radical (unpaired) electrons. The van der Waals surface area contributed by atoms with E-state index in [-0.39, 0.29) is 0 Å². The Hall–Kier alpha value is -1.47. The first kappa shape index (κ1) is 10.5. The molecular formula is C4H5F3N2O3. The molecule has 3 N–H and O–H groups in total. The smallest absolute Gasteiger partial charge is 0.480 e. The first-order valence-corrected chi connectivity index (χ1v) is 2.66. The number of alkyl halides is 3. The Bertz CT molecular complexity index is 190. The summed E-state index contributed by atoms with van der Waals surface area (Å²) < 4.78 is 33.9. The number of halogens is 3. The van der Waals surface area contributed by atoms with Gasteiger partial charge in [-0.25, -0.2) is 10.1 Å². The Balaban J connectivity index is 3.68. The molecule has 12 heavy (non-hydrogen) atoms. The zero-order chi connectivity index (χ0) is 9.78. The fourth-order valence-corrected chi connectivity index (χ4v) is 0.329. The van der Waals surface area contributed by atoms with Gasteiger partial charge in [-0.3, -0.25) is 4.79 Å². The quantitative estimate of drug-likeness (QED) is 0.526. The summed E-state index contributed by atoms with van der Waals surface area (Å²) in [6.45, 7) is -0.859. The number of carboxylic acids is 1. The molecule has 0 bridgehead atoms. The van der Waals surface area contributed by atoms with Gasteiger partial charge in [0, 0.05) is 0 Å². The van der Waals surface area contributed by atoms with E-state index in [1.54, 1.807) is 0 Å². The summed E-state index contributed by atoms with van der Waals surface area (Å²) in [4.78, 5) is 19.9. The molecule has 0 aromatic rings. The lowest BCUT2D eigenvalue weighted by Gasteiger charge is -2.07. The normalized spacial score (nSPS) is 10.6. The Morgan fingerprint density at radius 3 is 2.17 bits per heavy atom. The topological polar surface area (TPSA) is 78.4 Å². The Morgan fingerprint density at radius 1 is 1.33 bits per heavy atom. The molecule has 0 aliphatic rings. The van der Waals surface area contributed by atoms with Gasteiger partial charge in [-0.05, 0) is 0 Å². The molecule has 0 saturated heterocycles. The Morgan fingerprint density at radius 2 is 1.83 bits per heavy atom. The van der Waals surface area contributed by atoms with E-state index < -0.39 is 24.8 Å². The van der Waals surface area contributed by atoms with E-state index >= 15 is 0 Å². The van der Waals surface area contributed by atoms with Crippen LogP contribution < -0.4 is 10.6 Å². The summed E-state index contributed by atoms with van der Waals surface area (Å²) in [5.74, 6) is -1.42. The highest BCUT2D eigenvalue weighted by molar-refractivity contribution is 5.79. The minimum atomic E-state index is -4.84. The van der Waals surface area contributed by atoms with Gasteiger partial charge in [-0.1, -0.05) is 0 Å². The van der Waals surface area contributed by atoms with Gasteiger partial charge in [0.25, 0.3) is 0 Å². The molecule has 0 spiro atoms. The van der Waals surface area contributed by atoms with E-state index in [9.17, 15) is 22.8 Å². The second kappa shape index (κ2) is 3.79. The minimum Gasteiger partial charge on any atom is -0.480 e. The van der Waals surface area contributed by atoms with Gasteiger partial charge in [0.05, 0.1) is 0 Å². The maximum atomic E-state index is 11.3. The lowest BCUT2D eigenvalue weighted by atomic mass is 10.6. The van der Waals surface area contributed by atoms with Crippen molar-refractivity contribution in [2.75, 3.05) is 6.54 Å². The Labute approximate surface area is 64.5 Å². The molecule has 0 rings (SSSR count). The minimum absolute atomic E-state index is 0.561. The summed E-state index contributed by atoms with van der Waals surface area (Å²) in [7, 11) is 0. The van der Waals surface area contributed by atoms with Crippen LogP contribution in [-0.2, 0) is 4.79 Å². The van der Waals surface area contributed by atoms with Crippen molar-refractivity contribution < 1.29 is 27.9 Å². The van der Waals surface area contributed by atoms with E-state index in [0.717, 1.165) is 0 Å². The van der Waals surface area contributed by atoms with E-state index in [4.69, 9.17) is 5.11 Å². The molecule has 0 heterocycles. The summed E-state index contributed by atoms with van der Waals surface area (Å²) in [5, 5.41) is 9.97. The predicted molar refractivity (Wildman–Crippen MR) is 30.2 cm³/mol. The number of carboxylic acid groups (broad SMARTS) is 1. The molecule has 0 fully saturated rings. The highest BCUT2D eigenvalue weighted by Gasteiger charge is 2.29. The first-order valence-electron chi connectivity index (χ1n) is 2.66. The van der Waals surface area contributed by atoms with Crippen molar-refractivity contribution in [3.8, 4) is 0 Å². The molecular weight excluding hydrogens is 181 g/mol. The third kappa shape index (κ3) is 6.65. The second-order valence-corrected chi connectivity index (χ2v) is 1.70. The number of hydrogen-bond acceptors (Lipinski definition) is 2. The molecule has 5 nitrogen and oxygen atoms in total. The molecule has 0 atom stereocenters. The van der Waals surface area contributed by atoms with Crippen molar-refractivity contribution >= 4 is 12.0 Å². The van der Waals surface area contributed by atoms with Gasteiger partial charge in [-0.2, -0.15) is 13.2 Å². The molecule has 0 unspecified atom stereocenters. The van der Waals surface area contributed by atoms with Crippen molar-refractivity contribution in [3.05, 3.63) is 0 Å². The van der Waals surface area contributed by atoms with Crippen molar-refractivity contribution in [2.24, 2.45) is 0 Å². The van der Waals surface area contributed by atoms with Crippen molar-refractivity contribution in [1.29, 1.82) is 0 Å². The van der Waals surface area contributed by atoms with Crippen LogP contribution in [0.4, 0.5) is 18.0 Å². The SMILES string of the molecule is O=C(O)CNC(=O)NC(F)(F)F. The van der Waals surface area contributed by atoms with Gasteiger partial charge in [0.15, 0.2) is 0 Å². The van der Waals surface area contributed by atoms with Crippen LogP contribution in [-0.4, -0.2) is 30.0 Å². The number of carbonyl (C=O) groups is 2. The lowest BCUT2D eigenvalue weighted by molar-refractivity contribution is -0.146. The van der Waals surface area contributed by atoms with Crippen LogP contribution in [0.5, 0.6) is 0 Å². The number of carbonyl (C=O) groups excluding carboxylic acids is 1. The van der Waals surface area contributed by atoms with Gasteiger partial charge < -0.3 is 10.4 Å². The summed E-state index contributed by atoms with van der Waals surface area (Å²) >= 11 is 0. The average Bonchev–Trinajstić information content (AvgIpc) is 1.79. The second-order valence-electron chi connectivity index (χ2n) is 1.70. The van der Waals surface area contributed by atoms with Crippen LogP contribution in [0.2, 0.25) is 0 Å². The highest BCUT2D eigenvalue weighted by atomic mass is 19.4. The van der Waals surface area contributed by atoms with Gasteiger partial charge in [0.2, 0.25) is 0 Å². The van der Waals surface area contributed by atoms with Crippen LogP contribution in [0, 0.1) is 0 Å². The van der Waals surface area contributed by atoms with Gasteiger partial charge >= 0.3 is 18.3 Å². The zero-order valence-corrected chi connectivity index (χ0v) is 5.60. The van der Waals surface area contributed by atoms with Gasteiger partial charge in [-0.15, -0.1) is 0 Å². The largest absolute Gasteiger partial charge is 0.485 e. The van der Waals surface area contributed by atoms with Crippen LogP contribution in [0.15, 0.2) is 0 Å². The van der Waals surface area contributed by atoms with Gasteiger partial charge in [0.1, 0.15) is 6.54 Å². The van der Waals surface area contributed by atoms with E-state index in [1.165, 1.54) is 5.32 Å². The van der Waals surface area contributed by atoms with Crippen molar-refractivity contribution in [3.63, 3.8) is 0 Å². The standard InChI is InChI=1S/C4H5F3N2O3/c5-4(6,7)9-3(12)8-1-2(10)11/h1H2,(H,10,11)(H2,8,9,12). The van der Waals surface area contributed by atoms with E-state index in [2.05, 4.69) is 0 Å². The number of rotatable bonds is 2. The molecule has 0 aromatic heterocycles. The third-order valence-corrected chi connectivity index (χ3v) is 0.655. The number of hydrogen-bond donors (Lipinski definition) is 3. The maximum Gasteiger partial charge on any atom is 0.485 e.